The lowest BCUT2D eigenvalue weighted by molar-refractivity contribution is 0.297. The molecule has 2 aromatic rings. The van der Waals surface area contributed by atoms with Gasteiger partial charge in [0.1, 0.15) is 23.9 Å². The minimum atomic E-state index is -0.284. The van der Waals surface area contributed by atoms with Gasteiger partial charge in [0, 0.05) is 20.9 Å². The van der Waals surface area contributed by atoms with Gasteiger partial charge in [0.25, 0.3) is 0 Å². The van der Waals surface area contributed by atoms with E-state index in [1.807, 2.05) is 18.2 Å². The summed E-state index contributed by atoms with van der Waals surface area (Å²) in [5.74, 6) is 1.19. The van der Waals surface area contributed by atoms with E-state index in [0.717, 1.165) is 11.3 Å². The number of ether oxygens (including phenoxy) is 2. The highest BCUT2D eigenvalue weighted by Gasteiger charge is 2.08. The average molecular weight is 404 g/mol. The number of benzene rings is 2. The molecule has 0 amide bonds. The molecule has 0 unspecified atom stereocenters. The summed E-state index contributed by atoms with van der Waals surface area (Å²) in [6, 6.07) is 10.5. The quantitative estimate of drug-likeness (QED) is 0.648. The van der Waals surface area contributed by atoms with Crippen molar-refractivity contribution in [1.29, 1.82) is 0 Å². The van der Waals surface area contributed by atoms with Crippen LogP contribution in [0.1, 0.15) is 11.1 Å². The number of hydrogen-bond donors (Lipinski definition) is 0. The molecule has 0 saturated heterocycles. The molecule has 0 saturated carbocycles. The maximum Gasteiger partial charge on any atom is 0.130 e. The third-order valence-electron chi connectivity index (χ3n) is 2.81. The van der Waals surface area contributed by atoms with E-state index in [1.165, 1.54) is 6.07 Å². The predicted molar refractivity (Wildman–Crippen MR) is 84.1 cm³/mol. The molecule has 2 rings (SSSR count). The monoisotopic (exact) mass is 402 g/mol. The van der Waals surface area contributed by atoms with E-state index in [0.29, 0.717) is 21.1 Å². The van der Waals surface area contributed by atoms with Crippen molar-refractivity contribution in [2.45, 2.75) is 11.9 Å². The van der Waals surface area contributed by atoms with Crippen LogP contribution in [0.5, 0.6) is 11.5 Å². The molecule has 0 heterocycles. The van der Waals surface area contributed by atoms with Crippen LogP contribution in [-0.2, 0) is 11.9 Å². The highest BCUT2D eigenvalue weighted by molar-refractivity contribution is 9.10. The molecule has 0 aromatic heterocycles. The van der Waals surface area contributed by atoms with Gasteiger partial charge in [-0.2, -0.15) is 0 Å². The second kappa shape index (κ2) is 7.09. The van der Waals surface area contributed by atoms with Gasteiger partial charge in [0.15, 0.2) is 0 Å². The molecule has 0 N–H and O–H groups in total. The van der Waals surface area contributed by atoms with Crippen LogP contribution in [0.3, 0.4) is 0 Å². The molecule has 0 radical (unpaired) electrons. The first-order chi connectivity index (χ1) is 9.63. The van der Waals surface area contributed by atoms with E-state index in [2.05, 4.69) is 31.9 Å². The van der Waals surface area contributed by atoms with Gasteiger partial charge in [0.2, 0.25) is 0 Å². The van der Waals surface area contributed by atoms with E-state index in [1.54, 1.807) is 19.2 Å². The second-order valence-corrected chi connectivity index (χ2v) is 5.61. The molecule has 0 aliphatic carbocycles. The summed E-state index contributed by atoms with van der Waals surface area (Å²) in [5.41, 5.74) is 1.48. The van der Waals surface area contributed by atoms with Gasteiger partial charge in [0.05, 0.1) is 7.11 Å². The number of rotatable bonds is 5. The Balaban J connectivity index is 2.14. The summed E-state index contributed by atoms with van der Waals surface area (Å²) in [4.78, 5) is 0. The van der Waals surface area contributed by atoms with Crippen molar-refractivity contribution < 1.29 is 13.9 Å². The van der Waals surface area contributed by atoms with E-state index in [-0.39, 0.29) is 12.4 Å². The van der Waals surface area contributed by atoms with Crippen molar-refractivity contribution in [3.63, 3.8) is 0 Å². The number of hydrogen-bond acceptors (Lipinski definition) is 2. The Hall–Kier alpha value is -1.07. The first-order valence-corrected chi connectivity index (χ1v) is 7.85. The summed E-state index contributed by atoms with van der Waals surface area (Å²) < 4.78 is 25.3. The molecule has 0 spiro atoms. The van der Waals surface area contributed by atoms with Crippen molar-refractivity contribution in [1.82, 2.24) is 0 Å². The van der Waals surface area contributed by atoms with Crippen molar-refractivity contribution >= 4 is 31.9 Å². The molecule has 2 nitrogen and oxygen atoms in total. The van der Waals surface area contributed by atoms with Crippen LogP contribution >= 0.6 is 31.9 Å². The van der Waals surface area contributed by atoms with Crippen LogP contribution in [0, 0.1) is 5.82 Å². The van der Waals surface area contributed by atoms with Crippen LogP contribution in [0.15, 0.2) is 40.9 Å². The minimum absolute atomic E-state index is 0.186. The Bertz CT molecular complexity index is 602. The highest BCUT2D eigenvalue weighted by Crippen LogP contribution is 2.27. The van der Waals surface area contributed by atoms with E-state index in [9.17, 15) is 4.39 Å². The molecule has 0 fully saturated rings. The van der Waals surface area contributed by atoms with Gasteiger partial charge in [-0.05, 0) is 30.3 Å². The van der Waals surface area contributed by atoms with Gasteiger partial charge in [-0.15, -0.1) is 0 Å². The Labute approximate surface area is 134 Å². The molecular formula is C15H13Br2FO2. The molecule has 0 bridgehead atoms. The zero-order valence-corrected chi connectivity index (χ0v) is 14.0. The van der Waals surface area contributed by atoms with E-state index < -0.39 is 0 Å². The highest BCUT2D eigenvalue weighted by atomic mass is 79.9. The number of alkyl halides is 1. The molecular weight excluding hydrogens is 391 g/mol. The molecule has 0 atom stereocenters. The van der Waals surface area contributed by atoms with E-state index in [4.69, 9.17) is 9.47 Å². The summed E-state index contributed by atoms with van der Waals surface area (Å²) >= 11 is 6.64. The molecule has 5 heteroatoms. The van der Waals surface area contributed by atoms with Crippen LogP contribution < -0.4 is 9.47 Å². The lowest BCUT2D eigenvalue weighted by Crippen LogP contribution is -2.00. The minimum Gasteiger partial charge on any atom is -0.497 e. The Kier molecular flexibility index (Phi) is 5.43. The summed E-state index contributed by atoms with van der Waals surface area (Å²) in [7, 11) is 1.62. The number of halogens is 3. The summed E-state index contributed by atoms with van der Waals surface area (Å²) in [5, 5.41) is 0.641. The van der Waals surface area contributed by atoms with Crippen molar-refractivity contribution in [2.24, 2.45) is 0 Å². The van der Waals surface area contributed by atoms with Crippen molar-refractivity contribution in [3.8, 4) is 11.5 Å². The van der Waals surface area contributed by atoms with Crippen LogP contribution in [-0.4, -0.2) is 7.11 Å². The van der Waals surface area contributed by atoms with Gasteiger partial charge >= 0.3 is 0 Å². The summed E-state index contributed by atoms with van der Waals surface area (Å²) in [6.07, 6.45) is 0. The van der Waals surface area contributed by atoms with Crippen molar-refractivity contribution in [2.75, 3.05) is 7.11 Å². The first-order valence-electron chi connectivity index (χ1n) is 5.93. The summed E-state index contributed by atoms with van der Waals surface area (Å²) in [6.45, 7) is 0.186. The zero-order valence-electron chi connectivity index (χ0n) is 10.8. The largest absolute Gasteiger partial charge is 0.497 e. The maximum absolute atomic E-state index is 13.7. The molecule has 2 aromatic carbocycles. The van der Waals surface area contributed by atoms with Gasteiger partial charge < -0.3 is 9.47 Å². The number of methoxy groups -OCH3 is 1. The molecule has 106 valence electrons. The third-order valence-corrected chi connectivity index (χ3v) is 3.91. The standard InChI is InChI=1S/C15H13Br2FO2/c1-19-13-4-5-15(11(6-13)8-16)20-9-10-2-3-12(17)7-14(10)18/h2-7H,8-9H2,1H3. The fourth-order valence-electron chi connectivity index (χ4n) is 1.72. The fraction of sp³-hybridized carbons (Fsp3) is 0.200. The molecule has 0 aliphatic heterocycles. The Morgan fingerprint density at radius 2 is 1.90 bits per heavy atom. The first kappa shape index (κ1) is 15.3. The van der Waals surface area contributed by atoms with Crippen LogP contribution in [0.2, 0.25) is 0 Å². The Morgan fingerprint density at radius 1 is 1.10 bits per heavy atom. The van der Waals surface area contributed by atoms with Gasteiger partial charge in [-0.3, -0.25) is 0 Å². The van der Waals surface area contributed by atoms with Gasteiger partial charge in [-0.1, -0.05) is 37.9 Å². The van der Waals surface area contributed by atoms with E-state index >= 15 is 0 Å². The SMILES string of the molecule is COc1ccc(OCc2ccc(Br)cc2F)c(CBr)c1. The lowest BCUT2D eigenvalue weighted by atomic mass is 10.2. The average Bonchev–Trinajstić information content (AvgIpc) is 2.46. The zero-order chi connectivity index (χ0) is 14.5. The van der Waals surface area contributed by atoms with Crippen LogP contribution in [0.25, 0.3) is 0 Å². The fourth-order valence-corrected chi connectivity index (χ4v) is 2.49. The normalized spacial score (nSPS) is 10.4. The predicted octanol–water partition coefficient (Wildman–Crippen LogP) is 5.07. The Morgan fingerprint density at radius 3 is 2.55 bits per heavy atom. The smallest absolute Gasteiger partial charge is 0.130 e. The van der Waals surface area contributed by atoms with Crippen molar-refractivity contribution in [3.05, 3.63) is 57.8 Å². The molecule has 20 heavy (non-hydrogen) atoms. The maximum atomic E-state index is 13.7. The topological polar surface area (TPSA) is 18.5 Å². The van der Waals surface area contributed by atoms with Crippen LogP contribution in [0.4, 0.5) is 4.39 Å². The lowest BCUT2D eigenvalue weighted by Gasteiger charge is -2.12. The molecule has 0 aliphatic rings. The van der Waals surface area contributed by atoms with Gasteiger partial charge in [-0.25, -0.2) is 4.39 Å². The third kappa shape index (κ3) is 3.73. The second-order valence-electron chi connectivity index (χ2n) is 4.13.